The molecule has 0 saturated heterocycles. The molecule has 7 heteroatoms. The summed E-state index contributed by atoms with van der Waals surface area (Å²) in [5, 5.41) is 2.83. The third kappa shape index (κ3) is 3.89. The summed E-state index contributed by atoms with van der Waals surface area (Å²) in [5.41, 5.74) is 2.93. The topological polar surface area (TPSA) is 75.7 Å². The molecule has 0 aliphatic carbocycles. The van der Waals surface area contributed by atoms with Crippen LogP contribution in [0.1, 0.15) is 21.5 Å². The van der Waals surface area contributed by atoms with Gasteiger partial charge in [-0.05, 0) is 53.9 Å². The normalized spacial score (nSPS) is 13.0. The summed E-state index contributed by atoms with van der Waals surface area (Å²) >= 11 is 0. The van der Waals surface area contributed by atoms with E-state index in [2.05, 4.69) is 5.32 Å². The molecule has 1 aliphatic rings. The number of nitrogens with one attached hydrogen (secondary N) is 1. The number of carbonyl (C=O) groups is 1. The van der Waals surface area contributed by atoms with Crippen LogP contribution in [-0.2, 0) is 23.0 Å². The molecule has 0 radical (unpaired) electrons. The molecule has 4 rings (SSSR count). The van der Waals surface area contributed by atoms with Crippen molar-refractivity contribution < 1.29 is 17.9 Å². The van der Waals surface area contributed by atoms with Crippen molar-refractivity contribution in [3.8, 4) is 5.75 Å². The van der Waals surface area contributed by atoms with E-state index in [1.165, 1.54) is 16.4 Å². The summed E-state index contributed by atoms with van der Waals surface area (Å²) in [6.07, 6.45) is 0.678. The fraction of sp³-hybridized carbons (Fsp3) is 0.174. The molecule has 1 N–H and O–H groups in total. The highest BCUT2D eigenvalue weighted by Gasteiger charge is 2.30. The van der Waals surface area contributed by atoms with Gasteiger partial charge >= 0.3 is 0 Å². The Bertz CT molecular complexity index is 1170. The fourth-order valence-electron chi connectivity index (χ4n) is 3.51. The number of hydrogen-bond donors (Lipinski definition) is 1. The molecule has 0 aromatic heterocycles. The number of rotatable bonds is 6. The van der Waals surface area contributed by atoms with E-state index in [0.29, 0.717) is 30.8 Å². The van der Waals surface area contributed by atoms with Crippen LogP contribution in [0.4, 0.5) is 5.69 Å². The molecule has 0 unspecified atom stereocenters. The summed E-state index contributed by atoms with van der Waals surface area (Å²) in [7, 11) is -2.15. The molecule has 3 aromatic carbocycles. The van der Waals surface area contributed by atoms with E-state index in [9.17, 15) is 13.2 Å². The number of ether oxygens (including phenoxy) is 1. The Morgan fingerprint density at radius 1 is 1.03 bits per heavy atom. The number of amides is 1. The lowest BCUT2D eigenvalue weighted by Gasteiger charge is -2.20. The molecule has 0 atom stereocenters. The van der Waals surface area contributed by atoms with Crippen LogP contribution in [0, 0.1) is 0 Å². The van der Waals surface area contributed by atoms with Gasteiger partial charge in [0.25, 0.3) is 15.9 Å². The molecule has 30 heavy (non-hydrogen) atoms. The highest BCUT2D eigenvalue weighted by atomic mass is 32.2. The predicted molar refractivity (Wildman–Crippen MR) is 115 cm³/mol. The van der Waals surface area contributed by atoms with Gasteiger partial charge in [-0.1, -0.05) is 36.4 Å². The first-order valence-corrected chi connectivity index (χ1v) is 11.0. The van der Waals surface area contributed by atoms with E-state index < -0.39 is 10.0 Å². The van der Waals surface area contributed by atoms with Crippen molar-refractivity contribution in [2.24, 2.45) is 0 Å². The molecular weight excluding hydrogens is 400 g/mol. The zero-order valence-corrected chi connectivity index (χ0v) is 17.4. The minimum Gasteiger partial charge on any atom is -0.497 e. The zero-order valence-electron chi connectivity index (χ0n) is 16.5. The largest absolute Gasteiger partial charge is 0.497 e. The number of hydrogen-bond acceptors (Lipinski definition) is 4. The quantitative estimate of drug-likeness (QED) is 0.661. The number of fused-ring (bicyclic) bond motifs is 1. The van der Waals surface area contributed by atoms with Crippen LogP contribution in [0.3, 0.4) is 0 Å². The maximum atomic E-state index is 13.2. The maximum Gasteiger partial charge on any atom is 0.264 e. The van der Waals surface area contributed by atoms with Gasteiger partial charge in [0.15, 0.2) is 0 Å². The van der Waals surface area contributed by atoms with E-state index >= 15 is 0 Å². The lowest BCUT2D eigenvalue weighted by Crippen LogP contribution is -2.29. The molecule has 0 fully saturated rings. The Labute approximate surface area is 176 Å². The summed E-state index contributed by atoms with van der Waals surface area (Å²) in [5.74, 6) is 0.413. The summed E-state index contributed by atoms with van der Waals surface area (Å²) in [6.45, 7) is 0.731. The van der Waals surface area contributed by atoms with Gasteiger partial charge in [-0.15, -0.1) is 0 Å². The highest BCUT2D eigenvalue weighted by Crippen LogP contribution is 2.32. The van der Waals surface area contributed by atoms with Crippen molar-refractivity contribution in [2.45, 2.75) is 17.9 Å². The van der Waals surface area contributed by atoms with Gasteiger partial charge < -0.3 is 10.1 Å². The fourth-order valence-corrected chi connectivity index (χ4v) is 5.06. The molecule has 6 nitrogen and oxygen atoms in total. The predicted octanol–water partition coefficient (Wildman–Crippen LogP) is 3.38. The monoisotopic (exact) mass is 422 g/mol. The Kier molecular flexibility index (Phi) is 5.46. The summed E-state index contributed by atoms with van der Waals surface area (Å²) < 4.78 is 32.9. The van der Waals surface area contributed by atoms with Gasteiger partial charge in [0.2, 0.25) is 0 Å². The van der Waals surface area contributed by atoms with Gasteiger partial charge in [-0.3, -0.25) is 9.10 Å². The van der Waals surface area contributed by atoms with Crippen LogP contribution >= 0.6 is 0 Å². The van der Waals surface area contributed by atoms with Gasteiger partial charge in [0, 0.05) is 18.7 Å². The molecule has 1 amide bonds. The average Bonchev–Trinajstić information content (AvgIpc) is 3.23. The van der Waals surface area contributed by atoms with Crippen molar-refractivity contribution in [1.82, 2.24) is 5.32 Å². The maximum absolute atomic E-state index is 13.2. The molecule has 1 aliphatic heterocycles. The van der Waals surface area contributed by atoms with Crippen molar-refractivity contribution in [1.29, 1.82) is 0 Å². The highest BCUT2D eigenvalue weighted by molar-refractivity contribution is 7.92. The van der Waals surface area contributed by atoms with E-state index in [-0.39, 0.29) is 10.8 Å². The Morgan fingerprint density at radius 3 is 2.57 bits per heavy atom. The Morgan fingerprint density at radius 2 is 1.80 bits per heavy atom. The van der Waals surface area contributed by atoms with E-state index in [1.54, 1.807) is 19.2 Å². The second-order valence-corrected chi connectivity index (χ2v) is 8.88. The second-order valence-electron chi connectivity index (χ2n) is 7.01. The van der Waals surface area contributed by atoms with Crippen LogP contribution in [0.5, 0.6) is 5.75 Å². The van der Waals surface area contributed by atoms with E-state index in [1.807, 2.05) is 48.5 Å². The van der Waals surface area contributed by atoms with Crippen LogP contribution in [0.25, 0.3) is 0 Å². The van der Waals surface area contributed by atoms with Crippen molar-refractivity contribution in [3.63, 3.8) is 0 Å². The number of nitrogens with zero attached hydrogens (tertiary/aromatic N) is 1. The van der Waals surface area contributed by atoms with Gasteiger partial charge in [-0.2, -0.15) is 0 Å². The minimum absolute atomic E-state index is 0.108. The molecule has 154 valence electrons. The standard InChI is InChI=1S/C23H22N2O4S/c1-29-20-11-9-17(10-12-20)16-24-23(26)19-6-4-7-21(15-19)30(27,28)25-14-13-18-5-2-3-8-22(18)25/h2-12,15H,13-14,16H2,1H3,(H,24,26). The Hall–Kier alpha value is -3.32. The third-order valence-electron chi connectivity index (χ3n) is 5.14. The van der Waals surface area contributed by atoms with Gasteiger partial charge in [-0.25, -0.2) is 8.42 Å². The van der Waals surface area contributed by atoms with Gasteiger partial charge in [0.1, 0.15) is 5.75 Å². The molecule has 1 heterocycles. The summed E-state index contributed by atoms with van der Waals surface area (Å²) in [4.78, 5) is 12.7. The molecular formula is C23H22N2O4S. The lowest BCUT2D eigenvalue weighted by atomic mass is 10.2. The van der Waals surface area contributed by atoms with Crippen molar-refractivity contribution in [3.05, 3.63) is 89.5 Å². The van der Waals surface area contributed by atoms with E-state index in [0.717, 1.165) is 16.9 Å². The number of benzene rings is 3. The first kappa shape index (κ1) is 20.0. The van der Waals surface area contributed by atoms with Crippen LogP contribution < -0.4 is 14.4 Å². The number of methoxy groups -OCH3 is 1. The molecule has 0 spiro atoms. The first-order chi connectivity index (χ1) is 14.5. The van der Waals surface area contributed by atoms with Gasteiger partial charge in [0.05, 0.1) is 17.7 Å². The zero-order chi connectivity index (χ0) is 21.1. The lowest BCUT2D eigenvalue weighted by molar-refractivity contribution is 0.0950. The Balaban J connectivity index is 1.51. The smallest absolute Gasteiger partial charge is 0.264 e. The number of carbonyl (C=O) groups excluding carboxylic acids is 1. The number of sulfonamides is 1. The SMILES string of the molecule is COc1ccc(CNC(=O)c2cccc(S(=O)(=O)N3CCc4ccccc43)c2)cc1. The summed E-state index contributed by atoms with van der Waals surface area (Å²) in [6, 6.07) is 21.0. The van der Waals surface area contributed by atoms with Crippen molar-refractivity contribution >= 4 is 21.6 Å². The minimum atomic E-state index is -3.74. The average molecular weight is 423 g/mol. The van der Waals surface area contributed by atoms with Crippen LogP contribution in [-0.4, -0.2) is 28.0 Å². The molecule has 0 bridgehead atoms. The molecule has 0 saturated carbocycles. The third-order valence-corrected chi connectivity index (χ3v) is 6.95. The molecule has 3 aromatic rings. The second kappa shape index (κ2) is 8.20. The first-order valence-electron chi connectivity index (χ1n) is 9.61. The van der Waals surface area contributed by atoms with E-state index in [4.69, 9.17) is 4.74 Å². The number of para-hydroxylation sites is 1. The van der Waals surface area contributed by atoms with Crippen LogP contribution in [0.2, 0.25) is 0 Å². The van der Waals surface area contributed by atoms with Crippen LogP contribution in [0.15, 0.2) is 77.7 Å². The van der Waals surface area contributed by atoms with Crippen molar-refractivity contribution in [2.75, 3.05) is 18.0 Å². The number of anilines is 1.